The van der Waals surface area contributed by atoms with Crippen molar-refractivity contribution in [2.45, 2.75) is 0 Å². The summed E-state index contributed by atoms with van der Waals surface area (Å²) in [6.07, 6.45) is 8.51. The minimum Gasteiger partial charge on any atom is -0.497 e. The Morgan fingerprint density at radius 3 is 2.82 bits per heavy atom. The van der Waals surface area contributed by atoms with Gasteiger partial charge in [0.1, 0.15) is 23.1 Å². The Labute approximate surface area is 160 Å². The summed E-state index contributed by atoms with van der Waals surface area (Å²) in [6.45, 7) is 0. The number of nitriles is 1. The lowest BCUT2D eigenvalue weighted by Crippen LogP contribution is -1.97. The molecule has 1 aromatic carbocycles. The Bertz CT molecular complexity index is 1240. The van der Waals surface area contributed by atoms with Crippen LogP contribution in [0.1, 0.15) is 11.3 Å². The highest BCUT2D eigenvalue weighted by atomic mass is 16.5. The quantitative estimate of drug-likeness (QED) is 0.574. The summed E-state index contributed by atoms with van der Waals surface area (Å²) in [7, 11) is 3.22. The summed E-state index contributed by atoms with van der Waals surface area (Å²) < 4.78 is 12.3. The van der Waals surface area contributed by atoms with E-state index in [1.807, 2.05) is 30.3 Å². The van der Waals surface area contributed by atoms with Crippen molar-refractivity contribution in [3.63, 3.8) is 0 Å². The van der Waals surface area contributed by atoms with Crippen LogP contribution in [0.2, 0.25) is 0 Å². The standard InChI is InChI=1S/C20H16N6O2/c1-27-14-3-4-19(28-2)17(9-14)23-7-5-16-15-12-24-20-13(10-21)11-25-26(20)18(15)6-8-22-16/h3-9,11-12,23H,1-2H3. The van der Waals surface area contributed by atoms with Crippen LogP contribution in [0.15, 0.2) is 49.1 Å². The molecule has 0 aliphatic carbocycles. The predicted octanol–water partition coefficient (Wildman–Crippen LogP) is 3.25. The maximum atomic E-state index is 9.16. The third-order valence-electron chi connectivity index (χ3n) is 4.29. The van der Waals surface area contributed by atoms with Crippen molar-refractivity contribution in [3.8, 4) is 17.6 Å². The third kappa shape index (κ3) is 2.95. The van der Waals surface area contributed by atoms with E-state index in [-0.39, 0.29) is 0 Å². The summed E-state index contributed by atoms with van der Waals surface area (Å²) in [4.78, 5) is 8.78. The fraction of sp³-hybridized carbons (Fsp3) is 0.100. The van der Waals surface area contributed by atoms with Gasteiger partial charge in [0.05, 0.1) is 37.3 Å². The van der Waals surface area contributed by atoms with Crippen molar-refractivity contribution >= 4 is 28.3 Å². The van der Waals surface area contributed by atoms with E-state index >= 15 is 0 Å². The van der Waals surface area contributed by atoms with Crippen molar-refractivity contribution < 1.29 is 9.47 Å². The lowest BCUT2D eigenvalue weighted by molar-refractivity contribution is 0.405. The van der Waals surface area contributed by atoms with E-state index in [9.17, 15) is 0 Å². The zero-order chi connectivity index (χ0) is 19.5. The molecule has 0 saturated heterocycles. The molecule has 4 rings (SSSR count). The van der Waals surface area contributed by atoms with Gasteiger partial charge in [0.25, 0.3) is 0 Å². The molecule has 0 amide bonds. The topological polar surface area (TPSA) is 97.4 Å². The summed E-state index contributed by atoms with van der Waals surface area (Å²) in [5.41, 5.74) is 3.26. The molecule has 4 aromatic rings. The van der Waals surface area contributed by atoms with Crippen LogP contribution in [0, 0.1) is 11.3 Å². The fourth-order valence-corrected chi connectivity index (χ4v) is 2.91. The molecule has 0 aliphatic heterocycles. The second-order valence-corrected chi connectivity index (χ2v) is 5.84. The number of hydrogen-bond acceptors (Lipinski definition) is 7. The van der Waals surface area contributed by atoms with E-state index < -0.39 is 0 Å². The zero-order valence-corrected chi connectivity index (χ0v) is 15.2. The van der Waals surface area contributed by atoms with E-state index in [0.717, 1.165) is 28.0 Å². The number of pyridine rings is 1. The number of fused-ring (bicyclic) bond motifs is 3. The average molecular weight is 372 g/mol. The van der Waals surface area contributed by atoms with Crippen molar-refractivity contribution in [1.29, 1.82) is 5.26 Å². The maximum absolute atomic E-state index is 9.16. The van der Waals surface area contributed by atoms with Crippen LogP contribution >= 0.6 is 0 Å². The summed E-state index contributed by atoms with van der Waals surface area (Å²) >= 11 is 0. The largest absolute Gasteiger partial charge is 0.497 e. The van der Waals surface area contributed by atoms with Crippen LogP contribution in [0.5, 0.6) is 11.5 Å². The number of ether oxygens (including phenoxy) is 2. The number of rotatable bonds is 5. The molecule has 138 valence electrons. The molecule has 0 fully saturated rings. The zero-order valence-electron chi connectivity index (χ0n) is 15.2. The highest BCUT2D eigenvalue weighted by molar-refractivity contribution is 5.87. The normalized spacial score (nSPS) is 11.0. The summed E-state index contributed by atoms with van der Waals surface area (Å²) in [5, 5.41) is 17.4. The van der Waals surface area contributed by atoms with Crippen molar-refractivity contribution in [1.82, 2.24) is 19.6 Å². The molecule has 0 bridgehead atoms. The first-order valence-electron chi connectivity index (χ1n) is 8.42. The molecule has 0 atom stereocenters. The number of anilines is 1. The van der Waals surface area contributed by atoms with Crippen LogP contribution < -0.4 is 14.8 Å². The average Bonchev–Trinajstić information content (AvgIpc) is 3.17. The molecule has 8 heteroatoms. The molecular formula is C20H16N6O2. The molecule has 1 N–H and O–H groups in total. The van der Waals surface area contributed by atoms with Gasteiger partial charge in [-0.3, -0.25) is 4.98 Å². The Morgan fingerprint density at radius 1 is 1.14 bits per heavy atom. The van der Waals surface area contributed by atoms with Gasteiger partial charge in [-0.2, -0.15) is 10.4 Å². The molecule has 0 radical (unpaired) electrons. The van der Waals surface area contributed by atoms with Gasteiger partial charge in [0.15, 0.2) is 5.65 Å². The van der Waals surface area contributed by atoms with Gasteiger partial charge in [0.2, 0.25) is 0 Å². The van der Waals surface area contributed by atoms with Crippen LogP contribution in [-0.4, -0.2) is 33.8 Å². The highest BCUT2D eigenvalue weighted by Crippen LogP contribution is 2.29. The van der Waals surface area contributed by atoms with Gasteiger partial charge in [-0.05, 0) is 24.3 Å². The lowest BCUT2D eigenvalue weighted by atomic mass is 10.2. The van der Waals surface area contributed by atoms with Crippen molar-refractivity contribution in [2.75, 3.05) is 19.5 Å². The Kier molecular flexibility index (Phi) is 4.48. The molecular weight excluding hydrogens is 356 g/mol. The predicted molar refractivity (Wildman–Crippen MR) is 105 cm³/mol. The van der Waals surface area contributed by atoms with Gasteiger partial charge < -0.3 is 14.8 Å². The summed E-state index contributed by atoms with van der Waals surface area (Å²) in [5.74, 6) is 1.42. The maximum Gasteiger partial charge on any atom is 0.173 e. The summed E-state index contributed by atoms with van der Waals surface area (Å²) in [6, 6.07) is 9.44. The van der Waals surface area contributed by atoms with E-state index in [0.29, 0.717) is 17.0 Å². The van der Waals surface area contributed by atoms with Crippen LogP contribution in [0.4, 0.5) is 5.69 Å². The minimum absolute atomic E-state index is 0.433. The number of benzene rings is 1. The number of hydrogen-bond donors (Lipinski definition) is 1. The first kappa shape index (κ1) is 17.3. The minimum atomic E-state index is 0.433. The molecule has 28 heavy (non-hydrogen) atoms. The van der Waals surface area contributed by atoms with Crippen molar-refractivity contribution in [2.24, 2.45) is 0 Å². The van der Waals surface area contributed by atoms with Gasteiger partial charge >= 0.3 is 0 Å². The van der Waals surface area contributed by atoms with E-state index in [4.69, 9.17) is 14.7 Å². The first-order chi connectivity index (χ1) is 13.7. The smallest absolute Gasteiger partial charge is 0.173 e. The number of nitrogens with zero attached hydrogens (tertiary/aromatic N) is 5. The molecule has 0 aliphatic rings. The second-order valence-electron chi connectivity index (χ2n) is 5.84. The molecule has 3 heterocycles. The SMILES string of the molecule is COc1ccc(OC)c(NC=Cc2nccc3c2cnc2c(C#N)cnn23)c1. The molecule has 0 spiro atoms. The van der Waals surface area contributed by atoms with Gasteiger partial charge in [-0.15, -0.1) is 0 Å². The second kappa shape index (κ2) is 7.25. The molecule has 8 nitrogen and oxygen atoms in total. The van der Waals surface area contributed by atoms with Crippen LogP contribution in [0.3, 0.4) is 0 Å². The first-order valence-corrected chi connectivity index (χ1v) is 8.42. The number of aromatic nitrogens is 4. The lowest BCUT2D eigenvalue weighted by Gasteiger charge is -2.10. The van der Waals surface area contributed by atoms with Gasteiger partial charge in [0, 0.05) is 30.0 Å². The Balaban J connectivity index is 1.70. The van der Waals surface area contributed by atoms with Gasteiger partial charge in [-0.1, -0.05) is 0 Å². The molecule has 0 unspecified atom stereocenters. The fourth-order valence-electron chi connectivity index (χ4n) is 2.91. The number of nitrogens with one attached hydrogen (secondary N) is 1. The Hall–Kier alpha value is -4.12. The van der Waals surface area contributed by atoms with E-state index in [2.05, 4.69) is 26.5 Å². The molecule has 3 aromatic heterocycles. The van der Waals surface area contributed by atoms with E-state index in [1.165, 1.54) is 6.20 Å². The highest BCUT2D eigenvalue weighted by Gasteiger charge is 2.10. The molecule has 0 saturated carbocycles. The monoisotopic (exact) mass is 372 g/mol. The van der Waals surface area contributed by atoms with Crippen molar-refractivity contribution in [3.05, 3.63) is 60.3 Å². The van der Waals surface area contributed by atoms with Gasteiger partial charge in [-0.25, -0.2) is 9.50 Å². The van der Waals surface area contributed by atoms with Crippen LogP contribution in [0.25, 0.3) is 22.6 Å². The van der Waals surface area contributed by atoms with Crippen LogP contribution in [-0.2, 0) is 0 Å². The van der Waals surface area contributed by atoms with E-state index in [1.54, 1.807) is 37.3 Å². The Morgan fingerprint density at radius 2 is 2.04 bits per heavy atom. The third-order valence-corrected chi connectivity index (χ3v) is 4.29. The number of methoxy groups -OCH3 is 2.